The summed E-state index contributed by atoms with van der Waals surface area (Å²) in [4.78, 5) is 0. The second-order valence-electron chi connectivity index (χ2n) is 6.98. The summed E-state index contributed by atoms with van der Waals surface area (Å²) in [6.07, 6.45) is 1.81. The predicted molar refractivity (Wildman–Crippen MR) is 81.3 cm³/mol. The highest BCUT2D eigenvalue weighted by Gasteiger charge is 2.21. The van der Waals surface area contributed by atoms with Crippen LogP contribution in [0.2, 0.25) is 5.02 Å². The molecule has 0 atom stereocenters. The Morgan fingerprint density at radius 1 is 1.16 bits per heavy atom. The van der Waals surface area contributed by atoms with Crippen LogP contribution in [0.5, 0.6) is 0 Å². The third-order valence-electron chi connectivity index (χ3n) is 3.16. The average Bonchev–Trinajstić information content (AvgIpc) is 2.22. The van der Waals surface area contributed by atoms with Crippen molar-refractivity contribution in [3.05, 3.63) is 34.6 Å². The van der Waals surface area contributed by atoms with Gasteiger partial charge in [0.15, 0.2) is 0 Å². The summed E-state index contributed by atoms with van der Waals surface area (Å²) in [6, 6.07) is 5.03. The molecule has 0 aliphatic rings. The summed E-state index contributed by atoms with van der Waals surface area (Å²) in [5.74, 6) is -0.331. The zero-order chi connectivity index (χ0) is 14.7. The van der Waals surface area contributed by atoms with E-state index in [1.807, 2.05) is 6.07 Å². The van der Waals surface area contributed by atoms with E-state index in [1.165, 1.54) is 6.07 Å². The van der Waals surface area contributed by atoms with Crippen molar-refractivity contribution in [2.24, 2.45) is 5.41 Å². The zero-order valence-corrected chi connectivity index (χ0v) is 13.4. The topological polar surface area (TPSA) is 12.0 Å². The Hall–Kier alpha value is -0.600. The summed E-state index contributed by atoms with van der Waals surface area (Å²) in [6.45, 7) is 11.8. The average molecular weight is 286 g/mol. The fourth-order valence-electron chi connectivity index (χ4n) is 2.06. The number of hydrogen-bond acceptors (Lipinski definition) is 1. The van der Waals surface area contributed by atoms with E-state index in [1.54, 1.807) is 6.07 Å². The van der Waals surface area contributed by atoms with Crippen LogP contribution in [0.1, 0.15) is 46.6 Å². The quantitative estimate of drug-likeness (QED) is 0.817. The highest BCUT2D eigenvalue weighted by molar-refractivity contribution is 6.31. The van der Waals surface area contributed by atoms with E-state index in [0.717, 1.165) is 24.9 Å². The van der Waals surface area contributed by atoms with Gasteiger partial charge < -0.3 is 5.32 Å². The van der Waals surface area contributed by atoms with Crippen LogP contribution in [0.15, 0.2) is 18.2 Å². The molecule has 108 valence electrons. The van der Waals surface area contributed by atoms with E-state index in [2.05, 4.69) is 39.9 Å². The Labute approximate surface area is 121 Å². The number of hydrogen-bond donors (Lipinski definition) is 1. The molecule has 0 aliphatic heterocycles. The third-order valence-corrected chi connectivity index (χ3v) is 3.58. The van der Waals surface area contributed by atoms with Crippen molar-refractivity contribution in [2.75, 3.05) is 6.54 Å². The first kappa shape index (κ1) is 16.5. The predicted octanol–water partition coefficient (Wildman–Crippen LogP) is 4.83. The maximum atomic E-state index is 13.4. The lowest BCUT2D eigenvalue weighted by molar-refractivity contribution is 0.302. The minimum atomic E-state index is -0.331. The molecule has 0 heterocycles. The van der Waals surface area contributed by atoms with Gasteiger partial charge in [-0.2, -0.15) is 0 Å². The van der Waals surface area contributed by atoms with Crippen molar-refractivity contribution < 1.29 is 4.39 Å². The van der Waals surface area contributed by atoms with Crippen molar-refractivity contribution in [3.63, 3.8) is 0 Å². The first-order valence-electron chi connectivity index (χ1n) is 6.79. The molecule has 0 bridgehead atoms. The molecular weight excluding hydrogens is 261 g/mol. The summed E-state index contributed by atoms with van der Waals surface area (Å²) >= 11 is 6.02. The Kier molecular flexibility index (Phi) is 5.40. The molecule has 0 saturated carbocycles. The molecule has 3 heteroatoms. The SMILES string of the molecule is CC(C)(CCNC(C)(C)C)Cc1cccc(F)c1Cl. The van der Waals surface area contributed by atoms with E-state index >= 15 is 0 Å². The largest absolute Gasteiger partial charge is 0.312 e. The van der Waals surface area contributed by atoms with E-state index in [0.29, 0.717) is 0 Å². The molecular formula is C16H25ClFN. The zero-order valence-electron chi connectivity index (χ0n) is 12.6. The van der Waals surface area contributed by atoms with Gasteiger partial charge in [0.1, 0.15) is 5.82 Å². The second-order valence-corrected chi connectivity index (χ2v) is 7.36. The van der Waals surface area contributed by atoms with Crippen molar-refractivity contribution in [3.8, 4) is 0 Å². The van der Waals surface area contributed by atoms with E-state index in [4.69, 9.17) is 11.6 Å². The Morgan fingerprint density at radius 3 is 2.37 bits per heavy atom. The van der Waals surface area contributed by atoms with Crippen LogP contribution in [-0.2, 0) is 6.42 Å². The summed E-state index contributed by atoms with van der Waals surface area (Å²) in [5.41, 5.74) is 1.12. The van der Waals surface area contributed by atoms with Crippen molar-refractivity contribution >= 4 is 11.6 Å². The number of rotatable bonds is 5. The van der Waals surface area contributed by atoms with Gasteiger partial charge in [-0.15, -0.1) is 0 Å². The monoisotopic (exact) mass is 285 g/mol. The minimum Gasteiger partial charge on any atom is -0.312 e. The molecule has 0 fully saturated rings. The fraction of sp³-hybridized carbons (Fsp3) is 0.625. The first-order chi connectivity index (χ1) is 8.61. The molecule has 19 heavy (non-hydrogen) atoms. The number of halogens is 2. The number of benzene rings is 1. The van der Waals surface area contributed by atoms with Gasteiger partial charge in [-0.3, -0.25) is 0 Å². The third kappa shape index (κ3) is 5.92. The minimum absolute atomic E-state index is 0.0929. The molecule has 0 aromatic heterocycles. The molecule has 1 rings (SSSR count). The van der Waals surface area contributed by atoms with Gasteiger partial charge in [0, 0.05) is 5.54 Å². The Morgan fingerprint density at radius 2 is 1.79 bits per heavy atom. The van der Waals surface area contributed by atoms with Crippen molar-refractivity contribution in [2.45, 2.75) is 53.0 Å². The van der Waals surface area contributed by atoms with Gasteiger partial charge in [-0.05, 0) is 57.2 Å². The van der Waals surface area contributed by atoms with Crippen molar-refractivity contribution in [1.82, 2.24) is 5.32 Å². The van der Waals surface area contributed by atoms with Crippen LogP contribution < -0.4 is 5.32 Å². The van der Waals surface area contributed by atoms with Crippen LogP contribution >= 0.6 is 11.6 Å². The molecule has 0 unspecified atom stereocenters. The molecule has 0 radical (unpaired) electrons. The molecule has 1 aromatic carbocycles. The molecule has 1 aromatic rings. The highest BCUT2D eigenvalue weighted by atomic mass is 35.5. The van der Waals surface area contributed by atoms with Crippen LogP contribution in [0.4, 0.5) is 4.39 Å². The Balaban J connectivity index is 2.61. The van der Waals surface area contributed by atoms with Gasteiger partial charge in [0.05, 0.1) is 5.02 Å². The maximum Gasteiger partial charge on any atom is 0.142 e. The molecule has 1 N–H and O–H groups in total. The second kappa shape index (κ2) is 6.23. The fourth-order valence-corrected chi connectivity index (χ4v) is 2.26. The van der Waals surface area contributed by atoms with Crippen LogP contribution in [0.3, 0.4) is 0 Å². The van der Waals surface area contributed by atoms with Gasteiger partial charge >= 0.3 is 0 Å². The summed E-state index contributed by atoms with van der Waals surface area (Å²) in [7, 11) is 0. The standard InChI is InChI=1S/C16H25ClFN/c1-15(2,3)19-10-9-16(4,5)11-12-7-6-8-13(18)14(12)17/h6-8,19H,9-11H2,1-5H3. The van der Waals surface area contributed by atoms with Gasteiger partial charge in [-0.25, -0.2) is 4.39 Å². The van der Waals surface area contributed by atoms with Crippen LogP contribution in [0, 0.1) is 11.2 Å². The molecule has 0 saturated heterocycles. The van der Waals surface area contributed by atoms with E-state index in [-0.39, 0.29) is 21.8 Å². The number of nitrogens with one attached hydrogen (secondary N) is 1. The molecule has 0 spiro atoms. The normalized spacial score (nSPS) is 12.8. The Bertz CT molecular complexity index is 421. The van der Waals surface area contributed by atoms with Gasteiger partial charge in [-0.1, -0.05) is 37.6 Å². The van der Waals surface area contributed by atoms with Gasteiger partial charge in [0.25, 0.3) is 0 Å². The lowest BCUT2D eigenvalue weighted by atomic mass is 9.82. The van der Waals surface area contributed by atoms with Gasteiger partial charge in [0.2, 0.25) is 0 Å². The highest BCUT2D eigenvalue weighted by Crippen LogP contribution is 2.30. The maximum absolute atomic E-state index is 13.4. The lowest BCUT2D eigenvalue weighted by Crippen LogP contribution is -2.38. The summed E-state index contributed by atoms with van der Waals surface area (Å²) < 4.78 is 13.4. The molecule has 1 nitrogen and oxygen atoms in total. The smallest absolute Gasteiger partial charge is 0.142 e. The van der Waals surface area contributed by atoms with Crippen LogP contribution in [0.25, 0.3) is 0 Å². The van der Waals surface area contributed by atoms with Crippen molar-refractivity contribution in [1.29, 1.82) is 0 Å². The first-order valence-corrected chi connectivity index (χ1v) is 7.16. The van der Waals surface area contributed by atoms with E-state index < -0.39 is 0 Å². The van der Waals surface area contributed by atoms with E-state index in [9.17, 15) is 4.39 Å². The van der Waals surface area contributed by atoms with Crippen LogP contribution in [-0.4, -0.2) is 12.1 Å². The molecule has 0 amide bonds. The molecule has 0 aliphatic carbocycles. The summed E-state index contributed by atoms with van der Waals surface area (Å²) in [5, 5.41) is 3.75. The lowest BCUT2D eigenvalue weighted by Gasteiger charge is -2.28.